The van der Waals surface area contributed by atoms with E-state index in [9.17, 15) is 0 Å². The minimum atomic E-state index is 0.679. The molecule has 1 saturated carbocycles. The lowest BCUT2D eigenvalue weighted by Crippen LogP contribution is -1.95. The lowest BCUT2D eigenvalue weighted by atomic mass is 10.0. The fraction of sp³-hybridized carbons (Fsp3) is 0.667. The molecule has 0 amide bonds. The Bertz CT molecular complexity index is 277. The lowest BCUT2D eigenvalue weighted by molar-refractivity contribution is 0.439. The van der Waals surface area contributed by atoms with Gasteiger partial charge in [-0.25, -0.2) is 0 Å². The number of rotatable bonds is 1. The van der Waals surface area contributed by atoms with Crippen molar-refractivity contribution in [2.45, 2.75) is 39.5 Å². The van der Waals surface area contributed by atoms with Crippen LogP contribution in [-0.2, 0) is 0 Å². The molecule has 1 aromatic rings. The van der Waals surface area contributed by atoms with Gasteiger partial charge in [-0.15, -0.1) is 0 Å². The SMILES string of the molecule is Cc1ccc(C2CC(C)C(C)C2)o1. The Hall–Kier alpha value is -0.720. The van der Waals surface area contributed by atoms with Crippen LogP contribution in [-0.4, -0.2) is 0 Å². The second-order valence-corrected chi connectivity index (χ2v) is 4.57. The second kappa shape index (κ2) is 3.21. The fourth-order valence-electron chi connectivity index (χ4n) is 2.36. The van der Waals surface area contributed by atoms with Gasteiger partial charge in [0.2, 0.25) is 0 Å². The minimum absolute atomic E-state index is 0.679. The standard InChI is InChI=1S/C12H18O/c1-8-6-11(7-9(8)2)12-5-4-10(3)13-12/h4-5,8-9,11H,6-7H2,1-3H3. The van der Waals surface area contributed by atoms with Gasteiger partial charge >= 0.3 is 0 Å². The summed E-state index contributed by atoms with van der Waals surface area (Å²) in [5, 5.41) is 0. The third kappa shape index (κ3) is 1.65. The average molecular weight is 178 g/mol. The van der Waals surface area contributed by atoms with Gasteiger partial charge < -0.3 is 4.42 Å². The van der Waals surface area contributed by atoms with Crippen LogP contribution in [0.3, 0.4) is 0 Å². The highest BCUT2D eigenvalue weighted by atomic mass is 16.3. The molecule has 0 N–H and O–H groups in total. The van der Waals surface area contributed by atoms with Crippen molar-refractivity contribution in [1.82, 2.24) is 0 Å². The molecule has 0 saturated heterocycles. The van der Waals surface area contributed by atoms with Gasteiger partial charge in [0.1, 0.15) is 11.5 Å². The summed E-state index contributed by atoms with van der Waals surface area (Å²) in [6.45, 7) is 6.71. The molecular formula is C12H18O. The quantitative estimate of drug-likeness (QED) is 0.638. The number of furan rings is 1. The van der Waals surface area contributed by atoms with E-state index in [-0.39, 0.29) is 0 Å². The summed E-state index contributed by atoms with van der Waals surface area (Å²) < 4.78 is 5.66. The fourth-order valence-corrected chi connectivity index (χ4v) is 2.36. The maximum atomic E-state index is 5.66. The predicted octanol–water partition coefficient (Wildman–Crippen LogP) is 3.74. The Labute approximate surface area is 80.1 Å². The molecule has 1 aliphatic carbocycles. The third-order valence-corrected chi connectivity index (χ3v) is 3.45. The molecule has 1 nitrogen and oxygen atoms in total. The first-order valence-electron chi connectivity index (χ1n) is 5.23. The monoisotopic (exact) mass is 178 g/mol. The molecule has 1 heteroatoms. The summed E-state index contributed by atoms with van der Waals surface area (Å²) in [4.78, 5) is 0. The van der Waals surface area contributed by atoms with E-state index in [0.29, 0.717) is 5.92 Å². The van der Waals surface area contributed by atoms with Crippen molar-refractivity contribution in [2.75, 3.05) is 0 Å². The zero-order valence-corrected chi connectivity index (χ0v) is 8.71. The molecular weight excluding hydrogens is 160 g/mol. The summed E-state index contributed by atoms with van der Waals surface area (Å²) in [6, 6.07) is 4.22. The molecule has 1 heterocycles. The van der Waals surface area contributed by atoms with Crippen molar-refractivity contribution >= 4 is 0 Å². The topological polar surface area (TPSA) is 13.1 Å². The van der Waals surface area contributed by atoms with Gasteiger partial charge in [-0.1, -0.05) is 13.8 Å². The molecule has 1 fully saturated rings. The van der Waals surface area contributed by atoms with Crippen LogP contribution < -0.4 is 0 Å². The van der Waals surface area contributed by atoms with Crippen molar-refractivity contribution in [1.29, 1.82) is 0 Å². The van der Waals surface area contributed by atoms with Crippen LogP contribution in [0.15, 0.2) is 16.5 Å². The van der Waals surface area contributed by atoms with Gasteiger partial charge in [0.15, 0.2) is 0 Å². The Balaban J connectivity index is 2.11. The summed E-state index contributed by atoms with van der Waals surface area (Å²) in [5.41, 5.74) is 0. The molecule has 2 unspecified atom stereocenters. The molecule has 2 rings (SSSR count). The first-order valence-corrected chi connectivity index (χ1v) is 5.23. The highest BCUT2D eigenvalue weighted by molar-refractivity contribution is 5.12. The highest BCUT2D eigenvalue weighted by Crippen LogP contribution is 2.42. The van der Waals surface area contributed by atoms with E-state index in [2.05, 4.69) is 26.0 Å². The minimum Gasteiger partial charge on any atom is -0.466 e. The Morgan fingerprint density at radius 1 is 1.15 bits per heavy atom. The number of aryl methyl sites for hydroxylation is 1. The molecule has 13 heavy (non-hydrogen) atoms. The van der Waals surface area contributed by atoms with Crippen LogP contribution in [0, 0.1) is 18.8 Å². The molecule has 0 radical (unpaired) electrons. The molecule has 2 atom stereocenters. The van der Waals surface area contributed by atoms with Gasteiger partial charge in [-0.05, 0) is 43.7 Å². The highest BCUT2D eigenvalue weighted by Gasteiger charge is 2.30. The van der Waals surface area contributed by atoms with Crippen molar-refractivity contribution in [2.24, 2.45) is 11.8 Å². The average Bonchev–Trinajstić information content (AvgIpc) is 2.61. The summed E-state index contributed by atoms with van der Waals surface area (Å²) >= 11 is 0. The summed E-state index contributed by atoms with van der Waals surface area (Å²) in [7, 11) is 0. The lowest BCUT2D eigenvalue weighted by Gasteiger charge is -2.04. The van der Waals surface area contributed by atoms with Crippen LogP contribution in [0.5, 0.6) is 0 Å². The maximum absolute atomic E-state index is 5.66. The molecule has 0 aromatic carbocycles. The van der Waals surface area contributed by atoms with E-state index in [1.54, 1.807) is 0 Å². The molecule has 1 aliphatic rings. The van der Waals surface area contributed by atoms with Gasteiger partial charge in [0.25, 0.3) is 0 Å². The van der Waals surface area contributed by atoms with Gasteiger partial charge in [0, 0.05) is 5.92 Å². The van der Waals surface area contributed by atoms with Crippen LogP contribution in [0.25, 0.3) is 0 Å². The zero-order chi connectivity index (χ0) is 9.42. The zero-order valence-electron chi connectivity index (χ0n) is 8.71. The number of hydrogen-bond donors (Lipinski definition) is 0. The van der Waals surface area contributed by atoms with E-state index in [1.165, 1.54) is 18.6 Å². The number of hydrogen-bond acceptors (Lipinski definition) is 1. The van der Waals surface area contributed by atoms with Crippen molar-refractivity contribution < 1.29 is 4.42 Å². The third-order valence-electron chi connectivity index (χ3n) is 3.45. The molecule has 0 spiro atoms. The predicted molar refractivity (Wildman–Crippen MR) is 53.7 cm³/mol. The van der Waals surface area contributed by atoms with E-state index in [1.807, 2.05) is 6.92 Å². The van der Waals surface area contributed by atoms with E-state index in [0.717, 1.165) is 17.6 Å². The van der Waals surface area contributed by atoms with Crippen molar-refractivity contribution in [3.05, 3.63) is 23.7 Å². The summed E-state index contributed by atoms with van der Waals surface area (Å²) in [5.74, 6) is 4.64. The van der Waals surface area contributed by atoms with Gasteiger partial charge in [0.05, 0.1) is 0 Å². The van der Waals surface area contributed by atoms with Crippen molar-refractivity contribution in [3.63, 3.8) is 0 Å². The maximum Gasteiger partial charge on any atom is 0.107 e. The first-order chi connectivity index (χ1) is 6.16. The molecule has 0 aliphatic heterocycles. The Kier molecular flexibility index (Phi) is 2.19. The Morgan fingerprint density at radius 3 is 2.23 bits per heavy atom. The smallest absolute Gasteiger partial charge is 0.107 e. The van der Waals surface area contributed by atoms with Crippen molar-refractivity contribution in [3.8, 4) is 0 Å². The Morgan fingerprint density at radius 2 is 1.77 bits per heavy atom. The largest absolute Gasteiger partial charge is 0.466 e. The van der Waals surface area contributed by atoms with Crippen LogP contribution in [0.2, 0.25) is 0 Å². The molecule has 72 valence electrons. The molecule has 0 bridgehead atoms. The van der Waals surface area contributed by atoms with Gasteiger partial charge in [-0.2, -0.15) is 0 Å². The van der Waals surface area contributed by atoms with E-state index in [4.69, 9.17) is 4.42 Å². The van der Waals surface area contributed by atoms with Crippen LogP contribution in [0.1, 0.15) is 44.1 Å². The van der Waals surface area contributed by atoms with E-state index < -0.39 is 0 Å². The van der Waals surface area contributed by atoms with E-state index >= 15 is 0 Å². The van der Waals surface area contributed by atoms with Crippen LogP contribution >= 0.6 is 0 Å². The first kappa shape index (κ1) is 8.86. The normalized spacial score (nSPS) is 33.9. The summed E-state index contributed by atoms with van der Waals surface area (Å²) in [6.07, 6.45) is 2.60. The van der Waals surface area contributed by atoms with Gasteiger partial charge in [-0.3, -0.25) is 0 Å². The molecule has 1 aromatic heterocycles. The second-order valence-electron chi connectivity index (χ2n) is 4.57. The van der Waals surface area contributed by atoms with Crippen LogP contribution in [0.4, 0.5) is 0 Å².